The fourth-order valence-electron chi connectivity index (χ4n) is 3.08. The van der Waals surface area contributed by atoms with E-state index in [1.165, 1.54) is 24.7 Å². The van der Waals surface area contributed by atoms with Crippen LogP contribution in [0.3, 0.4) is 0 Å². The second-order valence-corrected chi connectivity index (χ2v) is 8.03. The Morgan fingerprint density at radius 1 is 1.03 bits per heavy atom. The average molecular weight is 409 g/mol. The normalized spacial score (nSPS) is 11.3. The number of methoxy groups -OCH3 is 2. The van der Waals surface area contributed by atoms with Crippen LogP contribution in [0.25, 0.3) is 11.5 Å². The number of carbonyl (C=O) groups is 1. The van der Waals surface area contributed by atoms with E-state index in [-0.39, 0.29) is 17.9 Å². The predicted molar refractivity (Wildman–Crippen MR) is 114 cm³/mol. The minimum absolute atomic E-state index is 0.0722. The first-order valence-electron chi connectivity index (χ1n) is 9.64. The van der Waals surface area contributed by atoms with Gasteiger partial charge >= 0.3 is 0 Å². The Kier molecular flexibility index (Phi) is 6.10. The molecule has 1 heterocycles. The standard InChI is InChI=1S/C23H27N3O4/c1-23(2,3)16-12-10-15(11-13-16)21-25-24-19(30-21)14-26(4)22(27)17-8-7-9-18(28-5)20(17)29-6/h7-13H,14H2,1-6H3. The smallest absolute Gasteiger partial charge is 0.257 e. The highest BCUT2D eigenvalue weighted by Crippen LogP contribution is 2.31. The number of ether oxygens (including phenoxy) is 2. The molecule has 0 saturated heterocycles. The highest BCUT2D eigenvalue weighted by atomic mass is 16.5. The number of hydrogen-bond donors (Lipinski definition) is 0. The summed E-state index contributed by atoms with van der Waals surface area (Å²) in [6, 6.07) is 13.2. The lowest BCUT2D eigenvalue weighted by molar-refractivity contribution is 0.0769. The van der Waals surface area contributed by atoms with E-state index in [9.17, 15) is 4.79 Å². The Hall–Kier alpha value is -3.35. The van der Waals surface area contributed by atoms with E-state index in [1.807, 2.05) is 12.1 Å². The number of para-hydroxylation sites is 1. The van der Waals surface area contributed by atoms with Crippen molar-refractivity contribution >= 4 is 5.91 Å². The minimum Gasteiger partial charge on any atom is -0.493 e. The maximum Gasteiger partial charge on any atom is 0.257 e. The predicted octanol–water partition coefficient (Wildman–Crippen LogP) is 4.32. The van der Waals surface area contributed by atoms with Crippen LogP contribution in [0.2, 0.25) is 0 Å². The van der Waals surface area contributed by atoms with Gasteiger partial charge in [0.25, 0.3) is 5.91 Å². The van der Waals surface area contributed by atoms with E-state index in [0.29, 0.717) is 28.8 Å². The molecule has 0 N–H and O–H groups in total. The van der Waals surface area contributed by atoms with Gasteiger partial charge in [-0.2, -0.15) is 0 Å². The molecule has 3 aromatic rings. The summed E-state index contributed by atoms with van der Waals surface area (Å²) in [5.74, 6) is 1.42. The summed E-state index contributed by atoms with van der Waals surface area (Å²) in [4.78, 5) is 14.4. The summed E-state index contributed by atoms with van der Waals surface area (Å²) in [6.45, 7) is 6.66. The van der Waals surface area contributed by atoms with Crippen molar-refractivity contribution in [3.8, 4) is 23.0 Å². The summed E-state index contributed by atoms with van der Waals surface area (Å²) in [5, 5.41) is 8.21. The summed E-state index contributed by atoms with van der Waals surface area (Å²) in [6.07, 6.45) is 0. The molecule has 0 aliphatic carbocycles. The second kappa shape index (κ2) is 8.57. The molecule has 3 rings (SSSR count). The second-order valence-electron chi connectivity index (χ2n) is 8.03. The molecule has 7 nitrogen and oxygen atoms in total. The largest absolute Gasteiger partial charge is 0.493 e. The SMILES string of the molecule is COc1cccc(C(=O)N(C)Cc2nnc(-c3ccc(C(C)(C)C)cc3)o2)c1OC. The zero-order valence-corrected chi connectivity index (χ0v) is 18.2. The lowest BCUT2D eigenvalue weighted by Crippen LogP contribution is -2.26. The highest BCUT2D eigenvalue weighted by Gasteiger charge is 2.22. The first-order chi connectivity index (χ1) is 14.2. The molecule has 1 aromatic heterocycles. The Balaban J connectivity index is 1.75. The lowest BCUT2D eigenvalue weighted by atomic mass is 9.87. The molecule has 158 valence electrons. The minimum atomic E-state index is -0.236. The number of benzene rings is 2. The third-order valence-corrected chi connectivity index (χ3v) is 4.82. The topological polar surface area (TPSA) is 77.7 Å². The monoisotopic (exact) mass is 409 g/mol. The van der Waals surface area contributed by atoms with Crippen LogP contribution in [0, 0.1) is 0 Å². The molecule has 0 atom stereocenters. The van der Waals surface area contributed by atoms with Gasteiger partial charge in [0.15, 0.2) is 11.5 Å². The van der Waals surface area contributed by atoms with Gasteiger partial charge in [-0.25, -0.2) is 0 Å². The molecule has 0 spiro atoms. The molecule has 1 amide bonds. The van der Waals surface area contributed by atoms with E-state index in [4.69, 9.17) is 13.9 Å². The van der Waals surface area contributed by atoms with Gasteiger partial charge < -0.3 is 18.8 Å². The van der Waals surface area contributed by atoms with Crippen LogP contribution in [0.1, 0.15) is 42.6 Å². The van der Waals surface area contributed by atoms with E-state index >= 15 is 0 Å². The molecular weight excluding hydrogens is 382 g/mol. The Morgan fingerprint density at radius 3 is 2.33 bits per heavy atom. The van der Waals surface area contributed by atoms with Crippen LogP contribution in [0.4, 0.5) is 0 Å². The summed E-state index contributed by atoms with van der Waals surface area (Å²) < 4.78 is 16.4. The number of nitrogens with zero attached hydrogens (tertiary/aromatic N) is 3. The van der Waals surface area contributed by atoms with Gasteiger partial charge in [0.05, 0.1) is 26.3 Å². The zero-order chi connectivity index (χ0) is 21.9. The molecule has 0 bridgehead atoms. The first-order valence-corrected chi connectivity index (χ1v) is 9.64. The van der Waals surface area contributed by atoms with Gasteiger partial charge in [0.1, 0.15) is 0 Å². The van der Waals surface area contributed by atoms with E-state index < -0.39 is 0 Å². The molecule has 0 aliphatic heterocycles. The van der Waals surface area contributed by atoms with Gasteiger partial charge in [0, 0.05) is 12.6 Å². The molecule has 7 heteroatoms. The first kappa shape index (κ1) is 21.4. The summed E-state index contributed by atoms with van der Waals surface area (Å²) >= 11 is 0. The fraction of sp³-hybridized carbons (Fsp3) is 0.348. The maximum absolute atomic E-state index is 12.9. The Labute approximate surface area is 176 Å². The number of rotatable bonds is 6. The van der Waals surface area contributed by atoms with Crippen molar-refractivity contribution in [2.24, 2.45) is 0 Å². The van der Waals surface area contributed by atoms with Crippen molar-refractivity contribution < 1.29 is 18.7 Å². The summed E-state index contributed by atoms with van der Waals surface area (Å²) in [7, 11) is 4.71. The molecule has 0 radical (unpaired) electrons. The Morgan fingerprint density at radius 2 is 1.73 bits per heavy atom. The quantitative estimate of drug-likeness (QED) is 0.603. The molecule has 0 fully saturated rings. The van der Waals surface area contributed by atoms with Crippen LogP contribution in [0.5, 0.6) is 11.5 Å². The highest BCUT2D eigenvalue weighted by molar-refractivity contribution is 5.97. The lowest BCUT2D eigenvalue weighted by Gasteiger charge is -2.18. The molecular formula is C23H27N3O4. The zero-order valence-electron chi connectivity index (χ0n) is 18.2. The maximum atomic E-state index is 12.9. The third-order valence-electron chi connectivity index (χ3n) is 4.82. The van der Waals surface area contributed by atoms with Crippen LogP contribution >= 0.6 is 0 Å². The average Bonchev–Trinajstić information content (AvgIpc) is 3.20. The van der Waals surface area contributed by atoms with Gasteiger partial charge in [-0.3, -0.25) is 4.79 Å². The Bertz CT molecular complexity index is 1020. The summed E-state index contributed by atoms with van der Waals surface area (Å²) in [5.41, 5.74) is 2.54. The molecule has 2 aromatic carbocycles. The van der Waals surface area contributed by atoms with Crippen molar-refractivity contribution in [2.45, 2.75) is 32.7 Å². The van der Waals surface area contributed by atoms with E-state index in [2.05, 4.69) is 43.1 Å². The van der Waals surface area contributed by atoms with Crippen molar-refractivity contribution in [3.05, 3.63) is 59.5 Å². The molecule has 30 heavy (non-hydrogen) atoms. The molecule has 0 unspecified atom stereocenters. The van der Waals surface area contributed by atoms with Crippen LogP contribution in [-0.2, 0) is 12.0 Å². The van der Waals surface area contributed by atoms with Crippen molar-refractivity contribution in [3.63, 3.8) is 0 Å². The fourth-order valence-corrected chi connectivity index (χ4v) is 3.08. The number of amides is 1. The van der Waals surface area contributed by atoms with Gasteiger partial charge in [-0.15, -0.1) is 10.2 Å². The van der Waals surface area contributed by atoms with Crippen molar-refractivity contribution in [1.82, 2.24) is 15.1 Å². The van der Waals surface area contributed by atoms with Crippen LogP contribution in [0.15, 0.2) is 46.9 Å². The van der Waals surface area contributed by atoms with Gasteiger partial charge in [-0.05, 0) is 35.2 Å². The number of carbonyl (C=O) groups excluding carboxylic acids is 1. The molecule has 0 aliphatic rings. The van der Waals surface area contributed by atoms with E-state index in [1.54, 1.807) is 25.2 Å². The van der Waals surface area contributed by atoms with Gasteiger partial charge in [-0.1, -0.05) is 39.0 Å². The van der Waals surface area contributed by atoms with Gasteiger partial charge in [0.2, 0.25) is 11.8 Å². The van der Waals surface area contributed by atoms with E-state index in [0.717, 1.165) is 5.56 Å². The van der Waals surface area contributed by atoms with Crippen LogP contribution in [-0.4, -0.2) is 42.3 Å². The molecule has 0 saturated carbocycles. The third kappa shape index (κ3) is 4.45. The van der Waals surface area contributed by atoms with Crippen LogP contribution < -0.4 is 9.47 Å². The van der Waals surface area contributed by atoms with Crippen molar-refractivity contribution in [2.75, 3.05) is 21.3 Å². The number of aromatic nitrogens is 2. The van der Waals surface area contributed by atoms with Crippen molar-refractivity contribution in [1.29, 1.82) is 0 Å². The number of hydrogen-bond acceptors (Lipinski definition) is 6.